The molecule has 0 aliphatic heterocycles. The molecule has 0 atom stereocenters. The van der Waals surface area contributed by atoms with Crippen LogP contribution in [-0.4, -0.2) is 25.7 Å². The van der Waals surface area contributed by atoms with Gasteiger partial charge in [0.15, 0.2) is 0 Å². The van der Waals surface area contributed by atoms with Crippen LogP contribution in [0.1, 0.15) is 26.7 Å². The molecule has 0 saturated carbocycles. The van der Waals surface area contributed by atoms with E-state index in [2.05, 4.69) is 68.5 Å². The molecule has 0 saturated heterocycles. The minimum Gasteiger partial charge on any atom is -0.300 e. The van der Waals surface area contributed by atoms with Crippen LogP contribution in [0.3, 0.4) is 0 Å². The van der Waals surface area contributed by atoms with Crippen LogP contribution in [0.2, 0.25) is 0 Å². The molecule has 0 bridgehead atoms. The molecule has 4 aromatic carbocycles. The van der Waals surface area contributed by atoms with Crippen molar-refractivity contribution in [3.8, 4) is 45.0 Å². The van der Waals surface area contributed by atoms with E-state index >= 15 is 0 Å². The average Bonchev–Trinajstić information content (AvgIpc) is 3.07. The first kappa shape index (κ1) is 32.9. The summed E-state index contributed by atoms with van der Waals surface area (Å²) in [5.41, 5.74) is 8.23. The Balaban J connectivity index is 0.000000195. The van der Waals surface area contributed by atoms with Gasteiger partial charge in [-0.05, 0) is 25.5 Å². The summed E-state index contributed by atoms with van der Waals surface area (Å²) in [4.78, 5) is 27.3. The average molecular weight is 743 g/mol. The summed E-state index contributed by atoms with van der Waals surface area (Å²) in [6.07, 6.45) is 4.95. The number of Topliss-reactive ketones (excluding diaryl/α,β-unsaturated/α-hetero) is 1. The maximum Gasteiger partial charge on any atom is 3.00 e. The molecule has 0 spiro atoms. The summed E-state index contributed by atoms with van der Waals surface area (Å²) in [6.45, 7) is 3.62. The van der Waals surface area contributed by atoms with Gasteiger partial charge in [0.25, 0.3) is 0 Å². The molecule has 6 aromatic rings. The van der Waals surface area contributed by atoms with Crippen LogP contribution in [-0.2, 0) is 24.9 Å². The van der Waals surface area contributed by atoms with Gasteiger partial charge < -0.3 is 4.79 Å². The van der Waals surface area contributed by atoms with Gasteiger partial charge in [0.2, 0.25) is 0 Å². The predicted octanol–water partition coefficient (Wildman–Crippen LogP) is 8.99. The predicted molar refractivity (Wildman–Crippen MR) is 171 cm³/mol. The van der Waals surface area contributed by atoms with Gasteiger partial charge in [-0.15, -0.1) is 0 Å². The fraction of sp³-hybridized carbons (Fsp3) is 0.108. The standard InChI is InChI=1S/2C16H12N2.C5H10O.Ir/c2*1-3-7-13(8-4-1)15-11-16(18-12-17-15)14-9-5-2-6-10-14;1-3-4-5(2)6;/h2*1-12H;3-4H2,1-2H3;/q;;;+3. The van der Waals surface area contributed by atoms with Crippen molar-refractivity contribution in [3.63, 3.8) is 0 Å². The molecule has 214 valence electrons. The van der Waals surface area contributed by atoms with Gasteiger partial charge in [0, 0.05) is 28.7 Å². The van der Waals surface area contributed by atoms with Crippen molar-refractivity contribution in [2.75, 3.05) is 0 Å². The van der Waals surface area contributed by atoms with E-state index in [0.717, 1.165) is 57.9 Å². The molecule has 0 unspecified atom stereocenters. The second-order valence-electron chi connectivity index (χ2n) is 9.49. The molecule has 5 nitrogen and oxygen atoms in total. The zero-order valence-corrected chi connectivity index (χ0v) is 26.7. The summed E-state index contributed by atoms with van der Waals surface area (Å²) in [7, 11) is 0. The van der Waals surface area contributed by atoms with Gasteiger partial charge in [0.05, 0.1) is 22.8 Å². The van der Waals surface area contributed by atoms with E-state index in [1.807, 2.05) is 91.9 Å². The number of ketones is 1. The summed E-state index contributed by atoms with van der Waals surface area (Å²) >= 11 is 0. The van der Waals surface area contributed by atoms with Crippen molar-refractivity contribution in [3.05, 3.63) is 146 Å². The van der Waals surface area contributed by atoms with Crippen molar-refractivity contribution in [1.82, 2.24) is 19.9 Å². The number of hydrogen-bond donors (Lipinski definition) is 0. The summed E-state index contributed by atoms with van der Waals surface area (Å²) in [5.74, 6) is 0.289. The number of carbonyl (C=O) groups excluding carboxylic acids is 1. The molecule has 6 rings (SSSR count). The van der Waals surface area contributed by atoms with Gasteiger partial charge in [-0.2, -0.15) is 0 Å². The molecule has 0 N–H and O–H groups in total. The normalized spacial score (nSPS) is 9.72. The summed E-state index contributed by atoms with van der Waals surface area (Å²) in [5, 5.41) is 0. The third-order valence-electron chi connectivity index (χ3n) is 6.21. The quantitative estimate of drug-likeness (QED) is 0.171. The molecule has 0 amide bonds. The number of hydrogen-bond acceptors (Lipinski definition) is 5. The van der Waals surface area contributed by atoms with E-state index < -0.39 is 0 Å². The van der Waals surface area contributed by atoms with Gasteiger partial charge in [-0.1, -0.05) is 128 Å². The Morgan fingerprint density at radius 1 is 0.488 bits per heavy atom. The fourth-order valence-corrected chi connectivity index (χ4v) is 4.13. The van der Waals surface area contributed by atoms with E-state index in [1.165, 1.54) is 0 Å². The van der Waals surface area contributed by atoms with Crippen LogP contribution in [0, 0.1) is 0 Å². The summed E-state index contributed by atoms with van der Waals surface area (Å²) < 4.78 is 0. The topological polar surface area (TPSA) is 68.6 Å². The Bertz CT molecular complexity index is 1420. The van der Waals surface area contributed by atoms with E-state index in [1.54, 1.807) is 19.6 Å². The third-order valence-corrected chi connectivity index (χ3v) is 6.21. The Morgan fingerprint density at radius 2 is 0.744 bits per heavy atom. The Kier molecular flexibility index (Phi) is 13.8. The van der Waals surface area contributed by atoms with Crippen molar-refractivity contribution in [2.45, 2.75) is 26.7 Å². The fourth-order valence-electron chi connectivity index (χ4n) is 4.13. The Hall–Kier alpha value is -4.64. The van der Waals surface area contributed by atoms with Gasteiger partial charge in [-0.3, -0.25) is 0 Å². The van der Waals surface area contributed by atoms with Crippen LogP contribution in [0.5, 0.6) is 0 Å². The first-order valence-electron chi connectivity index (χ1n) is 14.0. The van der Waals surface area contributed by atoms with E-state index in [9.17, 15) is 4.79 Å². The molecule has 43 heavy (non-hydrogen) atoms. The first-order chi connectivity index (χ1) is 20.6. The second kappa shape index (κ2) is 18.0. The summed E-state index contributed by atoms with van der Waals surface area (Å²) in [6, 6.07) is 44.6. The molecule has 6 heteroatoms. The van der Waals surface area contributed by atoms with Gasteiger partial charge >= 0.3 is 20.1 Å². The Labute approximate surface area is 267 Å². The maximum atomic E-state index is 10.0. The first-order valence-corrected chi connectivity index (χ1v) is 14.0. The largest absolute Gasteiger partial charge is 3.00 e. The minimum atomic E-state index is 0. The molecule has 0 radical (unpaired) electrons. The van der Waals surface area contributed by atoms with Crippen molar-refractivity contribution >= 4 is 5.78 Å². The monoisotopic (exact) mass is 743 g/mol. The molecule has 0 aliphatic carbocycles. The molecule has 0 fully saturated rings. The van der Waals surface area contributed by atoms with E-state index in [0.29, 0.717) is 0 Å². The molecule has 0 aliphatic rings. The van der Waals surface area contributed by atoms with Crippen LogP contribution < -0.4 is 0 Å². The van der Waals surface area contributed by atoms with Crippen LogP contribution in [0.4, 0.5) is 0 Å². The van der Waals surface area contributed by atoms with Crippen LogP contribution in [0.15, 0.2) is 146 Å². The number of benzene rings is 4. The molecule has 2 aromatic heterocycles. The van der Waals surface area contributed by atoms with Crippen molar-refractivity contribution in [1.29, 1.82) is 0 Å². The second-order valence-corrected chi connectivity index (χ2v) is 9.49. The number of aromatic nitrogens is 4. The van der Waals surface area contributed by atoms with Gasteiger partial charge in [-0.25, -0.2) is 19.9 Å². The number of carbonyl (C=O) groups is 1. The molecule has 2 heterocycles. The zero-order chi connectivity index (χ0) is 29.4. The van der Waals surface area contributed by atoms with Gasteiger partial charge in [0.1, 0.15) is 18.4 Å². The molecular weight excluding hydrogens is 709 g/mol. The minimum absolute atomic E-state index is 0. The third kappa shape index (κ3) is 10.6. The maximum absolute atomic E-state index is 10.0. The van der Waals surface area contributed by atoms with Crippen molar-refractivity contribution in [2.24, 2.45) is 0 Å². The number of nitrogens with zero attached hydrogens (tertiary/aromatic N) is 4. The van der Waals surface area contributed by atoms with E-state index in [-0.39, 0.29) is 25.9 Å². The SMILES string of the molecule is CCCC(C)=O.[Ir+3].c1ccc(-c2cc(-c3ccccc3)ncn2)cc1.c1ccc(-c2cc(-c3ccccc3)ncn2)cc1. The van der Waals surface area contributed by atoms with Crippen LogP contribution >= 0.6 is 0 Å². The van der Waals surface area contributed by atoms with E-state index in [4.69, 9.17) is 0 Å². The van der Waals surface area contributed by atoms with Crippen LogP contribution in [0.25, 0.3) is 45.0 Å². The van der Waals surface area contributed by atoms with Crippen molar-refractivity contribution < 1.29 is 24.9 Å². The molecular formula is C37H34IrN4O+3. The Morgan fingerprint density at radius 3 is 0.930 bits per heavy atom. The number of rotatable bonds is 6. The zero-order valence-electron chi connectivity index (χ0n) is 24.3. The smallest absolute Gasteiger partial charge is 0.300 e.